The molecule has 122 valence electrons. The quantitative estimate of drug-likeness (QED) is 0.369. The van der Waals surface area contributed by atoms with E-state index in [-0.39, 0.29) is 5.97 Å². The van der Waals surface area contributed by atoms with E-state index >= 15 is 0 Å². The molecule has 0 fully saturated rings. The lowest BCUT2D eigenvalue weighted by atomic mass is 10.0. The Kier molecular flexibility index (Phi) is 8.52. The van der Waals surface area contributed by atoms with Gasteiger partial charge in [0.15, 0.2) is 18.7 Å². The largest absolute Gasteiger partial charge is 0.464 e. The zero-order valence-corrected chi connectivity index (χ0v) is 13.3. The Morgan fingerprint density at radius 3 is 2.38 bits per heavy atom. The summed E-state index contributed by atoms with van der Waals surface area (Å²) in [5.74, 6) is -0.389. The average Bonchev–Trinajstić information content (AvgIpc) is 2.47. The maximum absolute atomic E-state index is 11.9. The fourth-order valence-corrected chi connectivity index (χ4v) is 2.07. The molecule has 0 N–H and O–H groups in total. The van der Waals surface area contributed by atoms with E-state index in [1.807, 2.05) is 26.8 Å². The maximum atomic E-state index is 11.9. The third-order valence-electron chi connectivity index (χ3n) is 2.89. The molecule has 0 saturated carbocycles. The Morgan fingerprint density at radius 1 is 1.19 bits per heavy atom. The second-order valence-corrected chi connectivity index (χ2v) is 4.39. The van der Waals surface area contributed by atoms with Gasteiger partial charge in [0.25, 0.3) is 0 Å². The second kappa shape index (κ2) is 9.89. The lowest BCUT2D eigenvalue weighted by Gasteiger charge is -2.31. The first-order valence-electron chi connectivity index (χ1n) is 7.53. The van der Waals surface area contributed by atoms with Gasteiger partial charge in [0.05, 0.1) is 6.61 Å². The summed E-state index contributed by atoms with van der Waals surface area (Å²) in [6, 6.07) is 0. The molecule has 0 aromatic heterocycles. The highest BCUT2D eigenvalue weighted by atomic mass is 16.7. The minimum absolute atomic E-state index is 0.317. The molecule has 0 aromatic carbocycles. The van der Waals surface area contributed by atoms with Crippen molar-refractivity contribution in [2.45, 2.75) is 52.8 Å². The van der Waals surface area contributed by atoms with Gasteiger partial charge in [0.1, 0.15) is 0 Å². The van der Waals surface area contributed by atoms with E-state index in [4.69, 9.17) is 23.7 Å². The van der Waals surface area contributed by atoms with E-state index < -0.39 is 18.7 Å². The Bertz CT molecular complexity index is 335. The van der Waals surface area contributed by atoms with Crippen molar-refractivity contribution in [3.8, 4) is 0 Å². The molecule has 1 rings (SSSR count). The number of hydrogen-bond donors (Lipinski definition) is 0. The number of hydrogen-bond acceptors (Lipinski definition) is 6. The van der Waals surface area contributed by atoms with Crippen LogP contribution in [0.2, 0.25) is 0 Å². The topological polar surface area (TPSA) is 63.2 Å². The highest BCUT2D eigenvalue weighted by Gasteiger charge is 2.33. The van der Waals surface area contributed by atoms with Gasteiger partial charge in [-0.2, -0.15) is 0 Å². The van der Waals surface area contributed by atoms with Crippen molar-refractivity contribution in [3.63, 3.8) is 0 Å². The van der Waals surface area contributed by atoms with Crippen molar-refractivity contribution in [2.75, 3.05) is 26.4 Å². The van der Waals surface area contributed by atoms with Crippen molar-refractivity contribution in [3.05, 3.63) is 11.6 Å². The number of carbonyl (C=O) groups is 1. The zero-order chi connectivity index (χ0) is 15.7. The van der Waals surface area contributed by atoms with Gasteiger partial charge < -0.3 is 23.7 Å². The van der Waals surface area contributed by atoms with E-state index in [2.05, 4.69) is 0 Å². The van der Waals surface area contributed by atoms with Crippen molar-refractivity contribution < 1.29 is 28.5 Å². The van der Waals surface area contributed by atoms with Crippen LogP contribution in [0.5, 0.6) is 0 Å². The maximum Gasteiger partial charge on any atom is 0.335 e. The van der Waals surface area contributed by atoms with Crippen molar-refractivity contribution in [2.24, 2.45) is 0 Å². The lowest BCUT2D eigenvalue weighted by Crippen LogP contribution is -2.38. The first kappa shape index (κ1) is 18.1. The average molecular weight is 302 g/mol. The molecule has 21 heavy (non-hydrogen) atoms. The zero-order valence-electron chi connectivity index (χ0n) is 13.3. The SMILES string of the molecule is CCOC(=O)[C@@H]1CC(C(OCC)OCC)=C[C@@H](OCC)O1. The summed E-state index contributed by atoms with van der Waals surface area (Å²) in [7, 11) is 0. The Morgan fingerprint density at radius 2 is 1.86 bits per heavy atom. The number of carbonyl (C=O) groups excluding carboxylic acids is 1. The lowest BCUT2D eigenvalue weighted by molar-refractivity contribution is -0.187. The summed E-state index contributed by atoms with van der Waals surface area (Å²) in [6.45, 7) is 9.27. The first-order chi connectivity index (χ1) is 10.2. The van der Waals surface area contributed by atoms with Gasteiger partial charge in [-0.05, 0) is 39.3 Å². The van der Waals surface area contributed by atoms with Crippen LogP contribution in [-0.2, 0) is 28.5 Å². The smallest absolute Gasteiger partial charge is 0.335 e. The van der Waals surface area contributed by atoms with Gasteiger partial charge in [-0.15, -0.1) is 0 Å². The number of rotatable bonds is 9. The molecule has 0 bridgehead atoms. The summed E-state index contributed by atoms with van der Waals surface area (Å²) in [5.41, 5.74) is 0.849. The van der Waals surface area contributed by atoms with E-state index in [0.717, 1.165) is 5.57 Å². The molecule has 0 amide bonds. The molecule has 0 unspecified atom stereocenters. The Labute approximate surface area is 126 Å². The van der Waals surface area contributed by atoms with Gasteiger partial charge in [0, 0.05) is 26.2 Å². The van der Waals surface area contributed by atoms with Gasteiger partial charge in [-0.3, -0.25) is 0 Å². The predicted octanol–water partition coefficient (Wildman–Crippen LogP) is 2.03. The standard InChI is InChI=1S/C15H26O6/c1-5-17-13-10-11(15(19-7-3)20-8-4)9-12(21-13)14(16)18-6-2/h10,12-13,15H,5-9H2,1-4H3/t12-,13-/m0/s1. The van der Waals surface area contributed by atoms with Crippen molar-refractivity contribution in [1.29, 1.82) is 0 Å². The number of esters is 1. The molecular formula is C15H26O6. The minimum atomic E-state index is -0.690. The highest BCUT2D eigenvalue weighted by Crippen LogP contribution is 2.25. The summed E-state index contributed by atoms with van der Waals surface area (Å²) >= 11 is 0. The minimum Gasteiger partial charge on any atom is -0.464 e. The van der Waals surface area contributed by atoms with E-state index in [1.165, 1.54) is 0 Å². The molecule has 6 nitrogen and oxygen atoms in total. The van der Waals surface area contributed by atoms with Crippen LogP contribution in [0.25, 0.3) is 0 Å². The first-order valence-corrected chi connectivity index (χ1v) is 7.53. The predicted molar refractivity (Wildman–Crippen MR) is 76.7 cm³/mol. The molecule has 1 aliphatic heterocycles. The summed E-state index contributed by atoms with van der Waals surface area (Å²) < 4.78 is 27.2. The summed E-state index contributed by atoms with van der Waals surface area (Å²) in [5, 5.41) is 0. The van der Waals surface area contributed by atoms with Crippen LogP contribution in [-0.4, -0.2) is 51.1 Å². The third kappa shape index (κ3) is 5.74. The molecule has 2 atom stereocenters. The molecule has 0 spiro atoms. The van der Waals surface area contributed by atoms with Crippen LogP contribution >= 0.6 is 0 Å². The third-order valence-corrected chi connectivity index (χ3v) is 2.89. The van der Waals surface area contributed by atoms with Crippen LogP contribution in [0.1, 0.15) is 34.1 Å². The monoisotopic (exact) mass is 302 g/mol. The van der Waals surface area contributed by atoms with Crippen LogP contribution in [0.3, 0.4) is 0 Å². The molecule has 0 saturated heterocycles. The fourth-order valence-electron chi connectivity index (χ4n) is 2.07. The molecule has 0 aliphatic carbocycles. The van der Waals surface area contributed by atoms with Crippen molar-refractivity contribution >= 4 is 5.97 Å². The summed E-state index contributed by atoms with van der Waals surface area (Å²) in [4.78, 5) is 11.9. The number of ether oxygens (including phenoxy) is 5. The van der Waals surface area contributed by atoms with Crippen LogP contribution in [0, 0.1) is 0 Å². The van der Waals surface area contributed by atoms with Crippen LogP contribution in [0.15, 0.2) is 11.6 Å². The Balaban J connectivity index is 2.84. The highest BCUT2D eigenvalue weighted by molar-refractivity contribution is 5.75. The molecule has 0 radical (unpaired) electrons. The van der Waals surface area contributed by atoms with E-state index in [1.54, 1.807) is 6.92 Å². The molecule has 0 aromatic rings. The normalized spacial score (nSPS) is 22.2. The molecule has 1 aliphatic rings. The van der Waals surface area contributed by atoms with Gasteiger partial charge in [0.2, 0.25) is 0 Å². The van der Waals surface area contributed by atoms with E-state index in [9.17, 15) is 4.79 Å². The van der Waals surface area contributed by atoms with Gasteiger partial charge in [-0.25, -0.2) is 4.79 Å². The second-order valence-electron chi connectivity index (χ2n) is 4.39. The van der Waals surface area contributed by atoms with E-state index in [0.29, 0.717) is 32.8 Å². The molecule has 6 heteroatoms. The summed E-state index contributed by atoms with van der Waals surface area (Å²) in [6.07, 6.45) is 0.438. The van der Waals surface area contributed by atoms with Gasteiger partial charge >= 0.3 is 5.97 Å². The van der Waals surface area contributed by atoms with Crippen molar-refractivity contribution in [1.82, 2.24) is 0 Å². The Hall–Kier alpha value is -0.950. The molecular weight excluding hydrogens is 276 g/mol. The molecule has 1 heterocycles. The fraction of sp³-hybridized carbons (Fsp3) is 0.800. The van der Waals surface area contributed by atoms with Crippen LogP contribution in [0.4, 0.5) is 0 Å². The van der Waals surface area contributed by atoms with Gasteiger partial charge in [-0.1, -0.05) is 0 Å². The van der Waals surface area contributed by atoms with Crippen LogP contribution < -0.4 is 0 Å².